The molecule has 0 spiro atoms. The van der Waals surface area contributed by atoms with Gasteiger partial charge < -0.3 is 10.2 Å². The molecule has 2 heterocycles. The van der Waals surface area contributed by atoms with E-state index in [2.05, 4.69) is 14.5 Å². The number of rotatable bonds is 0. The molecule has 0 radical (unpaired) electrons. The van der Waals surface area contributed by atoms with Gasteiger partial charge in [-0.25, -0.2) is 14.7 Å². The fourth-order valence-electron chi connectivity index (χ4n) is 0.841. The molecule has 0 saturated heterocycles. The normalized spacial score (nSPS) is 10.9. The van der Waals surface area contributed by atoms with Gasteiger partial charge in [-0.1, -0.05) is 0 Å². The van der Waals surface area contributed by atoms with Crippen molar-refractivity contribution in [1.29, 1.82) is 0 Å². The summed E-state index contributed by atoms with van der Waals surface area (Å²) in [7, 11) is 0. The number of H-pyrrole nitrogens is 2. The van der Waals surface area contributed by atoms with Crippen LogP contribution in [0, 0.1) is 0 Å². The molecule has 0 atom stereocenters. The van der Waals surface area contributed by atoms with Gasteiger partial charge in [0, 0.05) is 0 Å². The second-order valence-electron chi connectivity index (χ2n) is 1.99. The summed E-state index contributed by atoms with van der Waals surface area (Å²) in [5, 5.41) is 2.12. The molecule has 0 aliphatic rings. The summed E-state index contributed by atoms with van der Waals surface area (Å²) in [6.45, 7) is 0. The maximum Gasteiger partial charge on any atom is 0.433 e. The maximum absolute atomic E-state index is 10.8. The zero-order valence-corrected chi connectivity index (χ0v) is 5.25. The monoisotopic (exact) mass is 156 g/mol. The molecule has 0 aliphatic heterocycles. The van der Waals surface area contributed by atoms with Crippen LogP contribution in [-0.4, -0.2) is 14.6 Å². The molecule has 7 nitrogen and oxygen atoms in total. The highest BCUT2D eigenvalue weighted by Gasteiger charge is 2.08. The van der Waals surface area contributed by atoms with Gasteiger partial charge in [0.25, 0.3) is 5.71 Å². The quantitative estimate of drug-likeness (QED) is 0.430. The highest BCUT2D eigenvalue weighted by Crippen LogP contribution is 2.02. The lowest BCUT2D eigenvalue weighted by Crippen LogP contribution is -2.13. The summed E-state index contributed by atoms with van der Waals surface area (Å²) >= 11 is 0. The third-order valence-corrected chi connectivity index (χ3v) is 1.27. The van der Waals surface area contributed by atoms with Crippen molar-refractivity contribution in [3.63, 3.8) is 0 Å². The second kappa shape index (κ2) is 1.57. The van der Waals surface area contributed by atoms with E-state index in [0.29, 0.717) is 0 Å². The number of fused-ring (bicyclic) bond motifs is 1. The lowest BCUT2D eigenvalue weighted by Gasteiger charge is -1.75. The molecule has 2 aromatic rings. The van der Waals surface area contributed by atoms with Gasteiger partial charge in [0.15, 0.2) is 5.82 Å². The Morgan fingerprint density at radius 1 is 1.45 bits per heavy atom. The van der Waals surface area contributed by atoms with Gasteiger partial charge >= 0.3 is 11.4 Å². The minimum absolute atomic E-state index is 0.0139. The molecule has 0 aliphatic carbocycles. The second-order valence-corrected chi connectivity index (χ2v) is 1.99. The number of imidazole rings is 1. The lowest BCUT2D eigenvalue weighted by atomic mass is 10.8. The summed E-state index contributed by atoms with van der Waals surface area (Å²) in [5.41, 5.74) is 4.75. The van der Waals surface area contributed by atoms with Crippen LogP contribution in [-0.2, 0) is 0 Å². The van der Waals surface area contributed by atoms with Gasteiger partial charge in [0.05, 0.1) is 0 Å². The third kappa shape index (κ3) is 0.613. The number of aromatic nitrogens is 3. The highest BCUT2D eigenvalue weighted by atomic mass is 16.4. The summed E-state index contributed by atoms with van der Waals surface area (Å²) < 4.78 is 5.42. The van der Waals surface area contributed by atoms with Gasteiger partial charge in [-0.2, -0.15) is 4.52 Å². The predicted molar refractivity (Wildman–Crippen MR) is 35.3 cm³/mol. The Morgan fingerprint density at radius 3 is 2.82 bits per heavy atom. The van der Waals surface area contributed by atoms with Crippen molar-refractivity contribution in [3.05, 3.63) is 21.0 Å². The van der Waals surface area contributed by atoms with Crippen LogP contribution in [0.4, 0.5) is 5.82 Å². The fourth-order valence-corrected chi connectivity index (χ4v) is 0.841. The van der Waals surface area contributed by atoms with E-state index >= 15 is 0 Å². The number of hydrogen-bond acceptors (Lipinski definition) is 4. The van der Waals surface area contributed by atoms with Crippen molar-refractivity contribution in [3.8, 4) is 0 Å². The first-order valence-electron chi connectivity index (χ1n) is 2.78. The Labute approximate surface area is 58.4 Å². The van der Waals surface area contributed by atoms with E-state index in [0.717, 1.165) is 4.52 Å². The van der Waals surface area contributed by atoms with Gasteiger partial charge in [-0.15, -0.1) is 0 Å². The maximum atomic E-state index is 10.8. The zero-order valence-electron chi connectivity index (χ0n) is 5.25. The van der Waals surface area contributed by atoms with Crippen LogP contribution in [0.3, 0.4) is 0 Å². The molecule has 4 N–H and O–H groups in total. The number of nitrogen functional groups attached to an aromatic ring is 1. The fraction of sp³-hybridized carbons (Fsp3) is 0. The standard InChI is InChI=1S/C4H4N4O3/c5-1-2-8(3(9)6-1)7-4(10)11-2/h5H2,(H,6,9)(H,7,10). The van der Waals surface area contributed by atoms with Crippen LogP contribution < -0.4 is 17.2 Å². The highest BCUT2D eigenvalue weighted by molar-refractivity contribution is 5.55. The molecule has 0 unspecified atom stereocenters. The van der Waals surface area contributed by atoms with E-state index in [9.17, 15) is 9.59 Å². The number of hydrogen-bond donors (Lipinski definition) is 3. The Bertz CT molecular complexity index is 497. The number of nitrogens with one attached hydrogen (secondary N) is 2. The smallest absolute Gasteiger partial charge is 0.386 e. The molecule has 11 heavy (non-hydrogen) atoms. The number of nitrogens with zero attached hydrogens (tertiary/aromatic N) is 1. The largest absolute Gasteiger partial charge is 0.433 e. The third-order valence-electron chi connectivity index (χ3n) is 1.27. The van der Waals surface area contributed by atoms with Crippen LogP contribution in [0.25, 0.3) is 5.71 Å². The van der Waals surface area contributed by atoms with E-state index < -0.39 is 11.4 Å². The van der Waals surface area contributed by atoms with Crippen molar-refractivity contribution in [2.75, 3.05) is 5.73 Å². The summed E-state index contributed by atoms with van der Waals surface area (Å²) in [5.74, 6) is -0.675. The number of anilines is 1. The number of nitrogens with two attached hydrogens (primary N) is 1. The molecule has 0 saturated carbocycles. The van der Waals surface area contributed by atoms with Crippen molar-refractivity contribution in [2.45, 2.75) is 0 Å². The Balaban J connectivity index is 3.16. The Hall–Kier alpha value is -1.92. The number of aromatic amines is 2. The molecule has 0 fully saturated rings. The van der Waals surface area contributed by atoms with Crippen LogP contribution in [0.1, 0.15) is 0 Å². The van der Waals surface area contributed by atoms with E-state index in [4.69, 9.17) is 5.73 Å². The van der Waals surface area contributed by atoms with Crippen LogP contribution in [0.2, 0.25) is 0 Å². The first-order valence-corrected chi connectivity index (χ1v) is 2.78. The molecule has 0 bridgehead atoms. The molecular formula is C4H4N4O3. The molecule has 0 amide bonds. The van der Waals surface area contributed by atoms with E-state index in [1.165, 1.54) is 0 Å². The Morgan fingerprint density at radius 2 is 2.18 bits per heavy atom. The van der Waals surface area contributed by atoms with E-state index in [1.54, 1.807) is 0 Å². The summed E-state index contributed by atoms with van der Waals surface area (Å²) in [6, 6.07) is 0. The van der Waals surface area contributed by atoms with Crippen molar-refractivity contribution >= 4 is 11.5 Å². The van der Waals surface area contributed by atoms with Gasteiger partial charge in [-0.3, -0.25) is 4.98 Å². The van der Waals surface area contributed by atoms with E-state index in [1.807, 2.05) is 0 Å². The van der Waals surface area contributed by atoms with Crippen LogP contribution in [0.15, 0.2) is 14.0 Å². The molecule has 58 valence electrons. The summed E-state index contributed by atoms with van der Waals surface area (Å²) in [6.07, 6.45) is 0. The van der Waals surface area contributed by atoms with Crippen molar-refractivity contribution < 1.29 is 4.42 Å². The van der Waals surface area contributed by atoms with Crippen molar-refractivity contribution in [2.24, 2.45) is 0 Å². The van der Waals surface area contributed by atoms with Gasteiger partial charge in [0.1, 0.15) is 0 Å². The summed E-state index contributed by atoms with van der Waals surface area (Å²) in [4.78, 5) is 23.6. The SMILES string of the molecule is Nc1[nH]c(=O)n2[nH]c(=O)oc12. The van der Waals surface area contributed by atoms with Gasteiger partial charge in [0.2, 0.25) is 0 Å². The average Bonchev–Trinajstić information content (AvgIpc) is 2.38. The molecule has 7 heteroatoms. The molecule has 2 rings (SSSR count). The topological polar surface area (TPSA) is 109 Å². The minimum Gasteiger partial charge on any atom is -0.386 e. The van der Waals surface area contributed by atoms with Crippen LogP contribution >= 0.6 is 0 Å². The zero-order chi connectivity index (χ0) is 8.01. The predicted octanol–water partition coefficient (Wildman–Crippen LogP) is -1.51. The lowest BCUT2D eigenvalue weighted by molar-refractivity contribution is 0.555. The van der Waals surface area contributed by atoms with Crippen molar-refractivity contribution in [1.82, 2.24) is 14.6 Å². The molecular weight excluding hydrogens is 152 g/mol. The Kier molecular flexibility index (Phi) is 0.831. The van der Waals surface area contributed by atoms with Gasteiger partial charge in [-0.05, 0) is 0 Å². The van der Waals surface area contributed by atoms with Crippen LogP contribution in [0.5, 0.6) is 0 Å². The van der Waals surface area contributed by atoms with E-state index in [-0.39, 0.29) is 11.5 Å². The molecule has 2 aromatic heterocycles. The minimum atomic E-state index is -0.710. The average molecular weight is 156 g/mol. The first-order chi connectivity index (χ1) is 5.18. The first kappa shape index (κ1) is 5.83. The molecule has 0 aromatic carbocycles.